The fourth-order valence-corrected chi connectivity index (χ4v) is 3.27. The molecule has 1 heterocycles. The first-order valence-electron chi connectivity index (χ1n) is 7.40. The van der Waals surface area contributed by atoms with Crippen LogP contribution in [0.15, 0.2) is 34.9 Å². The largest absolute Gasteiger partial charge is 0.494 e. The van der Waals surface area contributed by atoms with Crippen LogP contribution in [0.2, 0.25) is 0 Å². The molecule has 1 aliphatic heterocycles. The molecule has 2 rings (SSSR count). The highest BCUT2D eigenvalue weighted by Crippen LogP contribution is 2.42. The summed E-state index contributed by atoms with van der Waals surface area (Å²) < 4.78 is 5.62. The Balaban J connectivity index is 2.30. The SMILES string of the molecule is CCCCOc1ccc([C@H]2C(C#N)=C(N)SC(=N)[C@H]2C#N)cc1. The maximum Gasteiger partial charge on any atom is 0.119 e. The summed E-state index contributed by atoms with van der Waals surface area (Å²) >= 11 is 0.993. The normalized spacial score (nSPS) is 20.7. The summed E-state index contributed by atoms with van der Waals surface area (Å²) in [6, 6.07) is 11.6. The highest BCUT2D eigenvalue weighted by Gasteiger charge is 2.36. The van der Waals surface area contributed by atoms with Gasteiger partial charge in [0.2, 0.25) is 0 Å². The van der Waals surface area contributed by atoms with Gasteiger partial charge in [0, 0.05) is 5.92 Å². The fourth-order valence-electron chi connectivity index (χ4n) is 2.43. The molecule has 0 unspecified atom stereocenters. The van der Waals surface area contributed by atoms with Gasteiger partial charge in [-0.2, -0.15) is 10.5 Å². The van der Waals surface area contributed by atoms with E-state index in [1.54, 1.807) is 0 Å². The van der Waals surface area contributed by atoms with Gasteiger partial charge in [-0.05, 0) is 24.1 Å². The number of thioether (sulfide) groups is 1. The van der Waals surface area contributed by atoms with Gasteiger partial charge in [0.25, 0.3) is 0 Å². The van der Waals surface area contributed by atoms with Crippen LogP contribution in [0.25, 0.3) is 0 Å². The highest BCUT2D eigenvalue weighted by atomic mass is 32.2. The zero-order valence-electron chi connectivity index (χ0n) is 12.9. The number of ether oxygens (including phenoxy) is 1. The maximum absolute atomic E-state index is 9.39. The van der Waals surface area contributed by atoms with Crippen LogP contribution in [0.3, 0.4) is 0 Å². The topological polar surface area (TPSA) is 107 Å². The molecular formula is C17H18N4OS. The van der Waals surface area contributed by atoms with E-state index in [9.17, 15) is 10.5 Å². The van der Waals surface area contributed by atoms with Crippen LogP contribution >= 0.6 is 11.8 Å². The second-order valence-electron chi connectivity index (χ2n) is 5.21. The molecule has 0 bridgehead atoms. The van der Waals surface area contributed by atoms with Crippen molar-refractivity contribution in [1.29, 1.82) is 15.9 Å². The van der Waals surface area contributed by atoms with Crippen molar-refractivity contribution < 1.29 is 4.74 Å². The van der Waals surface area contributed by atoms with Crippen LogP contribution < -0.4 is 10.5 Å². The number of unbranched alkanes of at least 4 members (excludes halogenated alkanes) is 1. The van der Waals surface area contributed by atoms with E-state index in [1.807, 2.05) is 24.3 Å². The van der Waals surface area contributed by atoms with E-state index in [1.165, 1.54) is 0 Å². The van der Waals surface area contributed by atoms with E-state index in [2.05, 4.69) is 19.1 Å². The van der Waals surface area contributed by atoms with Crippen molar-refractivity contribution in [3.8, 4) is 17.9 Å². The minimum Gasteiger partial charge on any atom is -0.494 e. The third-order valence-corrected chi connectivity index (χ3v) is 4.59. The number of hydrogen-bond acceptors (Lipinski definition) is 6. The number of nitriles is 2. The molecule has 0 saturated carbocycles. The van der Waals surface area contributed by atoms with E-state index in [0.29, 0.717) is 17.2 Å². The third kappa shape index (κ3) is 3.67. The minimum absolute atomic E-state index is 0.178. The van der Waals surface area contributed by atoms with Crippen LogP contribution in [0.1, 0.15) is 31.2 Å². The van der Waals surface area contributed by atoms with Gasteiger partial charge in [-0.15, -0.1) is 0 Å². The lowest BCUT2D eigenvalue weighted by Crippen LogP contribution is -2.26. The molecule has 1 aromatic carbocycles. The van der Waals surface area contributed by atoms with Gasteiger partial charge in [0.05, 0.1) is 34.4 Å². The zero-order valence-corrected chi connectivity index (χ0v) is 13.7. The number of rotatable bonds is 5. The Bertz CT molecular complexity index is 697. The summed E-state index contributed by atoms with van der Waals surface area (Å²) in [6.45, 7) is 2.77. The van der Waals surface area contributed by atoms with Crippen molar-refractivity contribution in [3.05, 3.63) is 40.4 Å². The predicted octanol–water partition coefficient (Wildman–Crippen LogP) is 3.51. The summed E-state index contributed by atoms with van der Waals surface area (Å²) in [5, 5.41) is 27.2. The molecule has 1 aliphatic rings. The van der Waals surface area contributed by atoms with E-state index in [4.69, 9.17) is 15.9 Å². The lowest BCUT2D eigenvalue weighted by Gasteiger charge is -2.27. The lowest BCUT2D eigenvalue weighted by atomic mass is 9.82. The van der Waals surface area contributed by atoms with Crippen molar-refractivity contribution in [3.63, 3.8) is 0 Å². The van der Waals surface area contributed by atoms with Gasteiger partial charge in [0.15, 0.2) is 0 Å². The summed E-state index contributed by atoms with van der Waals surface area (Å²) in [7, 11) is 0. The molecule has 0 fully saturated rings. The maximum atomic E-state index is 9.39. The zero-order chi connectivity index (χ0) is 16.8. The van der Waals surface area contributed by atoms with E-state index in [0.717, 1.165) is 35.9 Å². The van der Waals surface area contributed by atoms with E-state index >= 15 is 0 Å². The highest BCUT2D eigenvalue weighted by molar-refractivity contribution is 8.17. The molecule has 2 atom stereocenters. The molecule has 0 amide bonds. The first-order chi connectivity index (χ1) is 11.1. The molecule has 0 aromatic heterocycles. The quantitative estimate of drug-likeness (QED) is 0.805. The number of nitrogens with two attached hydrogens (primary N) is 1. The number of benzene rings is 1. The molecule has 118 valence electrons. The van der Waals surface area contributed by atoms with Crippen LogP contribution in [0.4, 0.5) is 0 Å². The monoisotopic (exact) mass is 326 g/mol. The second-order valence-corrected chi connectivity index (χ2v) is 6.30. The fraction of sp³-hybridized carbons (Fsp3) is 0.353. The summed E-state index contributed by atoms with van der Waals surface area (Å²) in [6.07, 6.45) is 2.06. The summed E-state index contributed by atoms with van der Waals surface area (Å²) in [5.74, 6) is -0.427. The van der Waals surface area contributed by atoms with Gasteiger partial charge in [-0.1, -0.05) is 37.2 Å². The van der Waals surface area contributed by atoms with Crippen LogP contribution in [-0.4, -0.2) is 11.7 Å². The van der Waals surface area contributed by atoms with Crippen molar-refractivity contribution in [2.45, 2.75) is 25.7 Å². The van der Waals surface area contributed by atoms with Gasteiger partial charge >= 0.3 is 0 Å². The number of allylic oxidation sites excluding steroid dienone is 1. The Labute approximate surface area is 140 Å². The standard InChI is InChI=1S/C17H18N4OS/c1-2-3-8-22-12-6-4-11(5-7-12)15-13(9-18)16(20)23-17(21)14(15)10-19/h4-7,13,15,20H,2-3,8,21H2,1H3/t13-,15+/m0/s1. The molecule has 0 aliphatic carbocycles. The smallest absolute Gasteiger partial charge is 0.119 e. The van der Waals surface area contributed by atoms with E-state index < -0.39 is 11.8 Å². The summed E-state index contributed by atoms with van der Waals surface area (Å²) in [4.78, 5) is 0. The van der Waals surface area contributed by atoms with Gasteiger partial charge in [0.1, 0.15) is 11.7 Å². The number of nitrogens with one attached hydrogen (secondary N) is 1. The molecule has 6 heteroatoms. The Hall–Kier alpha value is -2.44. The first kappa shape index (κ1) is 16.9. The molecule has 3 N–H and O–H groups in total. The van der Waals surface area contributed by atoms with Crippen molar-refractivity contribution in [1.82, 2.24) is 0 Å². The molecule has 0 spiro atoms. The number of nitrogens with zero attached hydrogens (tertiary/aromatic N) is 2. The molecule has 1 aromatic rings. The van der Waals surface area contributed by atoms with Gasteiger partial charge in [-0.3, -0.25) is 5.41 Å². The van der Waals surface area contributed by atoms with E-state index in [-0.39, 0.29) is 5.04 Å². The van der Waals surface area contributed by atoms with Crippen LogP contribution in [0, 0.1) is 34.0 Å². The summed E-state index contributed by atoms with van der Waals surface area (Å²) in [5.41, 5.74) is 7.03. The molecule has 0 radical (unpaired) electrons. The second kappa shape index (κ2) is 7.71. The van der Waals surface area contributed by atoms with Crippen LogP contribution in [-0.2, 0) is 0 Å². The average molecular weight is 326 g/mol. The molecule has 5 nitrogen and oxygen atoms in total. The first-order valence-corrected chi connectivity index (χ1v) is 8.22. The Morgan fingerprint density at radius 3 is 2.57 bits per heavy atom. The number of hydrogen-bond donors (Lipinski definition) is 2. The minimum atomic E-state index is -0.686. The average Bonchev–Trinajstić information content (AvgIpc) is 2.55. The predicted molar refractivity (Wildman–Crippen MR) is 90.8 cm³/mol. The molecule has 0 saturated heterocycles. The van der Waals surface area contributed by atoms with Crippen molar-refractivity contribution in [2.24, 2.45) is 11.7 Å². The molecule has 23 heavy (non-hydrogen) atoms. The Morgan fingerprint density at radius 2 is 2.00 bits per heavy atom. The van der Waals surface area contributed by atoms with Gasteiger partial charge in [-0.25, -0.2) is 0 Å². The molecular weight excluding hydrogens is 308 g/mol. The Morgan fingerprint density at radius 1 is 1.30 bits per heavy atom. The van der Waals surface area contributed by atoms with Crippen molar-refractivity contribution >= 4 is 16.8 Å². The van der Waals surface area contributed by atoms with Gasteiger partial charge < -0.3 is 10.5 Å². The lowest BCUT2D eigenvalue weighted by molar-refractivity contribution is 0.309. The van der Waals surface area contributed by atoms with Crippen molar-refractivity contribution in [2.75, 3.05) is 6.61 Å². The van der Waals surface area contributed by atoms with Crippen LogP contribution in [0.5, 0.6) is 5.75 Å². The third-order valence-electron chi connectivity index (χ3n) is 3.68. The Kier molecular flexibility index (Phi) is 5.67.